The largest absolute Gasteiger partial charge is 0.470 e. The summed E-state index contributed by atoms with van der Waals surface area (Å²) in [6, 6.07) is 0. The van der Waals surface area contributed by atoms with Gasteiger partial charge in [-0.2, -0.15) is 0 Å². The summed E-state index contributed by atoms with van der Waals surface area (Å²) in [7, 11) is 0. The van der Waals surface area contributed by atoms with Crippen molar-refractivity contribution in [2.45, 2.75) is 40.5 Å². The third-order valence-corrected chi connectivity index (χ3v) is 2.09. The zero-order chi connectivity index (χ0) is 11.8. The van der Waals surface area contributed by atoms with Crippen LogP contribution in [0.1, 0.15) is 40.5 Å². The Bertz CT molecular complexity index is 206. The van der Waals surface area contributed by atoms with Crippen LogP contribution >= 0.6 is 23.2 Å². The monoisotopic (exact) mass is 250 g/mol. The van der Waals surface area contributed by atoms with E-state index in [1.54, 1.807) is 12.5 Å². The summed E-state index contributed by atoms with van der Waals surface area (Å²) in [5.74, 6) is 1.07. The molecule has 0 unspecified atom stereocenters. The number of hydrogen-bond donors (Lipinski definition) is 0. The van der Waals surface area contributed by atoms with Gasteiger partial charge in [0.15, 0.2) is 0 Å². The van der Waals surface area contributed by atoms with Gasteiger partial charge in [-0.15, -0.1) is 0 Å². The third kappa shape index (κ3) is 10.1. The molecule has 1 nitrogen and oxygen atoms in total. The highest BCUT2D eigenvalue weighted by molar-refractivity contribution is 6.29. The van der Waals surface area contributed by atoms with Crippen LogP contribution in [0.3, 0.4) is 0 Å². The zero-order valence-corrected chi connectivity index (χ0v) is 11.4. The van der Waals surface area contributed by atoms with Crippen molar-refractivity contribution in [1.82, 2.24) is 0 Å². The van der Waals surface area contributed by atoms with Crippen molar-refractivity contribution >= 4 is 23.2 Å². The van der Waals surface area contributed by atoms with E-state index in [-0.39, 0.29) is 0 Å². The highest BCUT2D eigenvalue weighted by Gasteiger charge is 1.99. The molecule has 0 aromatic rings. The van der Waals surface area contributed by atoms with Crippen LogP contribution in [0, 0.1) is 11.8 Å². The molecule has 0 heterocycles. The lowest BCUT2D eigenvalue weighted by Gasteiger charge is -2.03. The molecule has 0 aliphatic carbocycles. The number of rotatable bonds is 6. The molecule has 0 rings (SSSR count). The molecule has 0 aromatic heterocycles. The minimum Gasteiger partial charge on any atom is -0.470 e. The third-order valence-electron chi connectivity index (χ3n) is 1.60. The predicted molar refractivity (Wildman–Crippen MR) is 67.9 cm³/mol. The maximum absolute atomic E-state index is 5.93. The first-order valence-corrected chi connectivity index (χ1v) is 6.02. The van der Waals surface area contributed by atoms with Gasteiger partial charge in [-0.05, 0) is 24.7 Å². The number of ether oxygens (including phenoxy) is 1. The van der Waals surface area contributed by atoms with E-state index in [0.717, 1.165) is 22.9 Å². The maximum Gasteiger partial charge on any atom is 0.105 e. The summed E-state index contributed by atoms with van der Waals surface area (Å²) in [6.45, 7) is 8.44. The van der Waals surface area contributed by atoms with Crippen molar-refractivity contribution in [3.63, 3.8) is 0 Å². The Morgan fingerprint density at radius 2 is 1.27 bits per heavy atom. The molecule has 0 fully saturated rings. The molecule has 0 amide bonds. The lowest BCUT2D eigenvalue weighted by molar-refractivity contribution is 0.392. The average molecular weight is 251 g/mol. The average Bonchev–Trinajstić information content (AvgIpc) is 2.00. The summed E-state index contributed by atoms with van der Waals surface area (Å²) < 4.78 is 5.17. The Hall–Kier alpha value is -0.140. The number of allylic oxidation sites excluding steroid dienone is 2. The molecule has 0 bridgehead atoms. The topological polar surface area (TPSA) is 9.23 Å². The molecule has 88 valence electrons. The molecule has 0 atom stereocenters. The van der Waals surface area contributed by atoms with Crippen LogP contribution < -0.4 is 0 Å². The fourth-order valence-electron chi connectivity index (χ4n) is 1.06. The van der Waals surface area contributed by atoms with E-state index in [4.69, 9.17) is 27.9 Å². The second kappa shape index (κ2) is 8.06. The molecule has 0 saturated carbocycles. The summed E-state index contributed by atoms with van der Waals surface area (Å²) in [5.41, 5.74) is 0. The minimum atomic E-state index is 0.535. The molecule has 0 aliphatic heterocycles. The summed E-state index contributed by atoms with van der Waals surface area (Å²) >= 11 is 11.9. The molecule has 15 heavy (non-hydrogen) atoms. The Kier molecular flexibility index (Phi) is 7.99. The predicted octanol–water partition coefficient (Wildman–Crippen LogP) is 5.26. The Labute approximate surface area is 103 Å². The minimum absolute atomic E-state index is 0.535. The van der Waals surface area contributed by atoms with Gasteiger partial charge in [0, 0.05) is 0 Å². The first-order valence-electron chi connectivity index (χ1n) is 5.26. The lowest BCUT2D eigenvalue weighted by atomic mass is 10.1. The molecule has 0 aromatic carbocycles. The first kappa shape index (κ1) is 14.9. The Morgan fingerprint density at radius 1 is 0.933 bits per heavy atom. The molecule has 3 heteroatoms. The number of hydrogen-bond acceptors (Lipinski definition) is 1. The lowest BCUT2D eigenvalue weighted by Crippen LogP contribution is -1.88. The maximum atomic E-state index is 5.93. The Morgan fingerprint density at radius 3 is 1.53 bits per heavy atom. The van der Waals surface area contributed by atoms with Crippen LogP contribution in [0.25, 0.3) is 0 Å². The van der Waals surface area contributed by atoms with E-state index in [2.05, 4.69) is 27.7 Å². The SMILES string of the molecule is CC(C)CC(Cl)=COC=C(Cl)CC(C)C. The van der Waals surface area contributed by atoms with E-state index >= 15 is 0 Å². The molecular formula is C12H20Cl2O. The van der Waals surface area contributed by atoms with Gasteiger partial charge >= 0.3 is 0 Å². The van der Waals surface area contributed by atoms with Crippen molar-refractivity contribution in [2.75, 3.05) is 0 Å². The van der Waals surface area contributed by atoms with Crippen LogP contribution in [-0.4, -0.2) is 0 Å². The smallest absolute Gasteiger partial charge is 0.105 e. The van der Waals surface area contributed by atoms with E-state index < -0.39 is 0 Å². The fourth-order valence-corrected chi connectivity index (χ4v) is 1.78. The summed E-state index contributed by atoms with van der Waals surface area (Å²) in [6.07, 6.45) is 4.75. The highest BCUT2D eigenvalue weighted by atomic mass is 35.5. The van der Waals surface area contributed by atoms with E-state index in [9.17, 15) is 0 Å². The van der Waals surface area contributed by atoms with Crippen molar-refractivity contribution < 1.29 is 4.74 Å². The molecule has 0 N–H and O–H groups in total. The van der Waals surface area contributed by atoms with Gasteiger partial charge in [0.1, 0.15) is 12.5 Å². The van der Waals surface area contributed by atoms with Gasteiger partial charge in [0.25, 0.3) is 0 Å². The van der Waals surface area contributed by atoms with E-state index in [0.29, 0.717) is 11.8 Å². The fraction of sp³-hybridized carbons (Fsp3) is 0.667. The zero-order valence-electron chi connectivity index (χ0n) is 9.89. The normalized spacial score (nSPS) is 13.9. The quantitative estimate of drug-likeness (QED) is 0.585. The second-order valence-corrected chi connectivity index (χ2v) is 5.43. The molecular weight excluding hydrogens is 231 g/mol. The highest BCUT2D eigenvalue weighted by Crippen LogP contribution is 2.17. The Balaban J connectivity index is 3.94. The molecule has 0 radical (unpaired) electrons. The van der Waals surface area contributed by atoms with Crippen molar-refractivity contribution in [3.8, 4) is 0 Å². The van der Waals surface area contributed by atoms with Crippen LogP contribution in [0.15, 0.2) is 22.6 Å². The second-order valence-electron chi connectivity index (χ2n) is 4.46. The van der Waals surface area contributed by atoms with Gasteiger partial charge in [-0.1, -0.05) is 50.9 Å². The molecule has 0 saturated heterocycles. The summed E-state index contributed by atoms with van der Waals surface area (Å²) in [4.78, 5) is 0. The van der Waals surface area contributed by atoms with Crippen molar-refractivity contribution in [3.05, 3.63) is 22.6 Å². The van der Waals surface area contributed by atoms with Gasteiger partial charge < -0.3 is 4.74 Å². The van der Waals surface area contributed by atoms with Crippen LogP contribution in [0.5, 0.6) is 0 Å². The standard InChI is InChI=1S/C12H20Cl2O/c1-9(2)5-11(13)7-15-8-12(14)6-10(3)4/h7-10H,5-6H2,1-4H3. The van der Waals surface area contributed by atoms with Gasteiger partial charge in [0.2, 0.25) is 0 Å². The van der Waals surface area contributed by atoms with Gasteiger partial charge in [0.05, 0.1) is 10.1 Å². The van der Waals surface area contributed by atoms with Gasteiger partial charge in [-0.3, -0.25) is 0 Å². The first-order chi connectivity index (χ1) is 6.91. The molecule has 0 aliphatic rings. The van der Waals surface area contributed by atoms with Crippen molar-refractivity contribution in [2.24, 2.45) is 11.8 Å². The molecule has 0 spiro atoms. The van der Waals surface area contributed by atoms with E-state index in [1.807, 2.05) is 0 Å². The van der Waals surface area contributed by atoms with Gasteiger partial charge in [-0.25, -0.2) is 0 Å². The van der Waals surface area contributed by atoms with Crippen LogP contribution in [0.4, 0.5) is 0 Å². The number of halogens is 2. The van der Waals surface area contributed by atoms with Crippen LogP contribution in [-0.2, 0) is 4.74 Å². The van der Waals surface area contributed by atoms with Crippen LogP contribution in [0.2, 0.25) is 0 Å². The summed E-state index contributed by atoms with van der Waals surface area (Å²) in [5, 5.41) is 1.44. The van der Waals surface area contributed by atoms with Crippen molar-refractivity contribution in [1.29, 1.82) is 0 Å². The van der Waals surface area contributed by atoms with E-state index in [1.165, 1.54) is 0 Å².